The lowest BCUT2D eigenvalue weighted by molar-refractivity contribution is -0.915. The molecule has 2 aromatic rings. The van der Waals surface area contributed by atoms with Gasteiger partial charge in [0.15, 0.2) is 6.04 Å². The number of fused-ring (bicyclic) bond motifs is 3. The van der Waals surface area contributed by atoms with Gasteiger partial charge in [0.05, 0.1) is 12.2 Å². The summed E-state index contributed by atoms with van der Waals surface area (Å²) >= 11 is 0. The fraction of sp³-hybridized carbons (Fsp3) is 0.375. The minimum Gasteiger partial charge on any atom is -0.322 e. The molecule has 29 heavy (non-hydrogen) atoms. The maximum absolute atomic E-state index is 13.5. The molecule has 0 spiro atoms. The Labute approximate surface area is 170 Å². The first-order valence-corrected chi connectivity index (χ1v) is 10.4. The number of amides is 2. The van der Waals surface area contributed by atoms with Crippen molar-refractivity contribution in [3.63, 3.8) is 0 Å². The van der Waals surface area contributed by atoms with E-state index in [1.54, 1.807) is 0 Å². The van der Waals surface area contributed by atoms with Gasteiger partial charge >= 0.3 is 0 Å². The second-order valence-electron chi connectivity index (χ2n) is 8.69. The van der Waals surface area contributed by atoms with Gasteiger partial charge < -0.3 is 4.90 Å². The molecule has 3 saturated heterocycles. The van der Waals surface area contributed by atoms with E-state index in [1.165, 1.54) is 4.90 Å². The molecule has 5 heteroatoms. The fourth-order valence-corrected chi connectivity index (χ4v) is 5.86. The van der Waals surface area contributed by atoms with E-state index in [9.17, 15) is 14.4 Å². The van der Waals surface area contributed by atoms with E-state index in [-0.39, 0.29) is 23.6 Å². The van der Waals surface area contributed by atoms with Crippen molar-refractivity contribution in [3.05, 3.63) is 65.2 Å². The largest absolute Gasteiger partial charge is 0.322 e. The standard InChI is InChI=1S/C24H24N2O3/c1-14-11-15(2)13-17(12-14)26-23(28)19-18-9-6-10-25(18)21(20(19)24(26)29)22(27)16-7-4-3-5-8-16/h3-5,7-8,11-13,18-21H,6,9-10H2,1-2H3/p+1/t18-,19-,20+,21-/m0/s1. The normalized spacial score (nSPS) is 30.6. The van der Waals surface area contributed by atoms with Gasteiger partial charge in [-0.15, -0.1) is 0 Å². The van der Waals surface area contributed by atoms with Gasteiger partial charge in [-0.25, -0.2) is 4.90 Å². The number of hydrogen-bond donors (Lipinski definition) is 1. The number of carbonyl (C=O) groups excluding carboxylic acids is 3. The van der Waals surface area contributed by atoms with Crippen LogP contribution in [0.15, 0.2) is 48.5 Å². The molecule has 5 atom stereocenters. The molecule has 0 aliphatic carbocycles. The summed E-state index contributed by atoms with van der Waals surface area (Å²) in [6, 6.07) is 14.6. The molecule has 3 aliphatic heterocycles. The van der Waals surface area contributed by atoms with Crippen molar-refractivity contribution in [2.75, 3.05) is 11.4 Å². The Hall–Kier alpha value is -2.79. The molecule has 5 nitrogen and oxygen atoms in total. The van der Waals surface area contributed by atoms with E-state index in [0.29, 0.717) is 11.3 Å². The fourth-order valence-electron chi connectivity index (χ4n) is 5.86. The Kier molecular flexibility index (Phi) is 4.17. The van der Waals surface area contributed by atoms with Crippen LogP contribution in [0, 0.1) is 25.7 Å². The number of Topliss-reactive ketones (excluding diaryl/α,β-unsaturated/α-hetero) is 1. The van der Waals surface area contributed by atoms with Crippen LogP contribution in [0.2, 0.25) is 0 Å². The number of anilines is 1. The lowest BCUT2D eigenvalue weighted by Crippen LogP contribution is -3.16. The van der Waals surface area contributed by atoms with Gasteiger partial charge in [0, 0.05) is 18.4 Å². The van der Waals surface area contributed by atoms with Crippen LogP contribution in [-0.2, 0) is 9.59 Å². The van der Waals surface area contributed by atoms with E-state index in [1.807, 2.05) is 62.4 Å². The average Bonchev–Trinajstić information content (AvgIpc) is 3.33. The van der Waals surface area contributed by atoms with E-state index in [0.717, 1.165) is 35.4 Å². The first-order chi connectivity index (χ1) is 14.0. The summed E-state index contributed by atoms with van der Waals surface area (Å²) in [5.41, 5.74) is 3.30. The number of imide groups is 1. The molecule has 3 fully saturated rings. The summed E-state index contributed by atoms with van der Waals surface area (Å²) in [6.07, 6.45) is 1.89. The van der Waals surface area contributed by atoms with Gasteiger partial charge in [0.1, 0.15) is 17.9 Å². The number of aryl methyl sites for hydroxylation is 2. The molecule has 3 heterocycles. The van der Waals surface area contributed by atoms with E-state index in [2.05, 4.69) is 0 Å². The van der Waals surface area contributed by atoms with Crippen molar-refractivity contribution in [2.24, 2.45) is 11.8 Å². The van der Waals surface area contributed by atoms with Crippen LogP contribution in [0.25, 0.3) is 0 Å². The summed E-state index contributed by atoms with van der Waals surface area (Å²) in [5, 5.41) is 0. The van der Waals surface area contributed by atoms with Gasteiger partial charge in [-0.2, -0.15) is 0 Å². The minimum atomic E-state index is -0.559. The number of nitrogens with one attached hydrogen (secondary N) is 1. The highest BCUT2D eigenvalue weighted by Crippen LogP contribution is 2.40. The third-order valence-corrected chi connectivity index (χ3v) is 6.85. The second kappa shape index (κ2) is 6.63. The molecular weight excluding hydrogens is 364 g/mol. The molecule has 0 saturated carbocycles. The molecule has 0 bridgehead atoms. The van der Waals surface area contributed by atoms with Crippen molar-refractivity contribution in [3.8, 4) is 0 Å². The SMILES string of the molecule is Cc1cc(C)cc(N2C(=O)[C@@H]3[C@@H](C2=O)[C@@H]2CCC[NH+]2[C@@H]3C(=O)c2ccccc2)c1. The molecule has 148 valence electrons. The molecule has 0 aromatic heterocycles. The predicted octanol–water partition coefficient (Wildman–Crippen LogP) is 1.72. The molecule has 1 unspecified atom stereocenters. The maximum atomic E-state index is 13.5. The van der Waals surface area contributed by atoms with E-state index < -0.39 is 17.9 Å². The number of ketones is 1. The molecule has 0 radical (unpaired) electrons. The maximum Gasteiger partial charge on any atom is 0.244 e. The summed E-state index contributed by atoms with van der Waals surface area (Å²) in [7, 11) is 0. The minimum absolute atomic E-state index is 0.0107. The summed E-state index contributed by atoms with van der Waals surface area (Å²) in [5.74, 6) is -1.29. The van der Waals surface area contributed by atoms with Crippen LogP contribution in [0.3, 0.4) is 0 Å². The Bertz CT molecular complexity index is 996. The Balaban J connectivity index is 1.57. The zero-order valence-corrected chi connectivity index (χ0v) is 16.7. The van der Waals surface area contributed by atoms with Gasteiger partial charge in [0.25, 0.3) is 0 Å². The zero-order chi connectivity index (χ0) is 20.3. The molecule has 2 amide bonds. The number of rotatable bonds is 3. The van der Waals surface area contributed by atoms with Crippen LogP contribution < -0.4 is 9.80 Å². The quantitative estimate of drug-likeness (QED) is 0.642. The molecule has 5 rings (SSSR count). The summed E-state index contributed by atoms with van der Waals surface area (Å²) in [4.78, 5) is 42.9. The smallest absolute Gasteiger partial charge is 0.244 e. The van der Waals surface area contributed by atoms with Gasteiger partial charge in [-0.1, -0.05) is 36.4 Å². The number of benzene rings is 2. The van der Waals surface area contributed by atoms with Crippen molar-refractivity contribution in [2.45, 2.75) is 38.8 Å². The molecular formula is C24H25N2O3+. The third kappa shape index (κ3) is 2.68. The monoisotopic (exact) mass is 389 g/mol. The Morgan fingerprint density at radius 2 is 1.62 bits per heavy atom. The van der Waals surface area contributed by atoms with Crippen LogP contribution in [-0.4, -0.2) is 36.2 Å². The van der Waals surface area contributed by atoms with Crippen molar-refractivity contribution < 1.29 is 19.3 Å². The predicted molar refractivity (Wildman–Crippen MR) is 109 cm³/mol. The van der Waals surface area contributed by atoms with Crippen LogP contribution >= 0.6 is 0 Å². The average molecular weight is 389 g/mol. The zero-order valence-electron chi connectivity index (χ0n) is 16.7. The third-order valence-electron chi connectivity index (χ3n) is 6.85. The summed E-state index contributed by atoms with van der Waals surface area (Å²) < 4.78 is 0. The molecule has 1 N–H and O–H groups in total. The number of hydrogen-bond acceptors (Lipinski definition) is 3. The highest BCUT2D eigenvalue weighted by atomic mass is 16.2. The van der Waals surface area contributed by atoms with Gasteiger partial charge in [-0.05, 0) is 37.1 Å². The van der Waals surface area contributed by atoms with Crippen LogP contribution in [0.1, 0.15) is 34.3 Å². The summed E-state index contributed by atoms with van der Waals surface area (Å²) in [6.45, 7) is 4.78. The Morgan fingerprint density at radius 3 is 2.31 bits per heavy atom. The lowest BCUT2D eigenvalue weighted by Gasteiger charge is -2.25. The van der Waals surface area contributed by atoms with Crippen molar-refractivity contribution in [1.29, 1.82) is 0 Å². The highest BCUT2D eigenvalue weighted by molar-refractivity contribution is 6.24. The Morgan fingerprint density at radius 1 is 0.966 bits per heavy atom. The van der Waals surface area contributed by atoms with Gasteiger partial charge in [0.2, 0.25) is 17.6 Å². The number of carbonyl (C=O) groups is 3. The first-order valence-electron chi connectivity index (χ1n) is 10.4. The highest BCUT2D eigenvalue weighted by Gasteiger charge is 2.68. The number of quaternary nitrogens is 1. The number of nitrogens with zero attached hydrogens (tertiary/aromatic N) is 1. The topological polar surface area (TPSA) is 58.9 Å². The van der Waals surface area contributed by atoms with Gasteiger partial charge in [-0.3, -0.25) is 14.4 Å². The molecule has 2 aromatic carbocycles. The lowest BCUT2D eigenvalue weighted by atomic mass is 9.85. The van der Waals surface area contributed by atoms with E-state index >= 15 is 0 Å². The van der Waals surface area contributed by atoms with Crippen LogP contribution in [0.4, 0.5) is 5.69 Å². The van der Waals surface area contributed by atoms with Crippen molar-refractivity contribution in [1.82, 2.24) is 0 Å². The second-order valence-corrected chi connectivity index (χ2v) is 8.69. The molecule has 3 aliphatic rings. The first kappa shape index (κ1) is 18.3. The van der Waals surface area contributed by atoms with E-state index in [4.69, 9.17) is 0 Å². The van der Waals surface area contributed by atoms with Crippen LogP contribution in [0.5, 0.6) is 0 Å². The van der Waals surface area contributed by atoms with Crippen molar-refractivity contribution >= 4 is 23.3 Å².